The van der Waals surface area contributed by atoms with Crippen LogP contribution in [0.1, 0.15) is 28.8 Å². The lowest BCUT2D eigenvalue weighted by atomic mass is 9.91. The number of hydrogen-bond acceptors (Lipinski definition) is 5. The minimum atomic E-state index is -1.42. The molecule has 1 aromatic carbocycles. The molecule has 3 amide bonds. The number of nitrogens with one attached hydrogen (secondary N) is 2. The number of carbonyl (C=O) groups excluding carboxylic acids is 2. The average molecular weight is 350 g/mol. The Morgan fingerprint density at radius 2 is 1.76 bits per heavy atom. The summed E-state index contributed by atoms with van der Waals surface area (Å²) in [6.07, 6.45) is -0.647. The minimum absolute atomic E-state index is 0.307. The van der Waals surface area contributed by atoms with E-state index in [4.69, 9.17) is 10.8 Å². The van der Waals surface area contributed by atoms with Crippen molar-refractivity contribution in [1.29, 1.82) is 0 Å². The Morgan fingerprint density at radius 1 is 1.16 bits per heavy atom. The first-order valence-electron chi connectivity index (χ1n) is 7.97. The van der Waals surface area contributed by atoms with E-state index in [1.807, 2.05) is 0 Å². The standard InChI is InChI=1S/C16H22N4O5/c17-9-10-1-3-12(4-2-10)14(22)18-19-16(25)20-7-5-11(6-8-20)13(21)15(23)24/h1-4,11,13,21H,5-9,17H2,(H,18,22)(H,19,25)(H,23,24). The van der Waals surface area contributed by atoms with Crippen molar-refractivity contribution < 1.29 is 24.6 Å². The van der Waals surface area contributed by atoms with Crippen molar-refractivity contribution in [3.05, 3.63) is 35.4 Å². The molecule has 25 heavy (non-hydrogen) atoms. The Morgan fingerprint density at radius 3 is 2.28 bits per heavy atom. The topological polar surface area (TPSA) is 145 Å². The number of benzene rings is 1. The van der Waals surface area contributed by atoms with Crippen LogP contribution in [0.2, 0.25) is 0 Å². The van der Waals surface area contributed by atoms with Crippen LogP contribution < -0.4 is 16.6 Å². The third-order valence-electron chi connectivity index (χ3n) is 4.26. The summed E-state index contributed by atoms with van der Waals surface area (Å²) in [6, 6.07) is 6.21. The van der Waals surface area contributed by atoms with Gasteiger partial charge in [0.15, 0.2) is 6.10 Å². The van der Waals surface area contributed by atoms with Gasteiger partial charge in [0.05, 0.1) is 0 Å². The van der Waals surface area contributed by atoms with Crippen molar-refractivity contribution in [2.24, 2.45) is 11.7 Å². The Hall–Kier alpha value is -2.65. The van der Waals surface area contributed by atoms with E-state index in [1.165, 1.54) is 4.90 Å². The van der Waals surface area contributed by atoms with Gasteiger partial charge in [0.2, 0.25) is 0 Å². The van der Waals surface area contributed by atoms with Crippen molar-refractivity contribution >= 4 is 17.9 Å². The van der Waals surface area contributed by atoms with E-state index in [1.54, 1.807) is 24.3 Å². The lowest BCUT2D eigenvalue weighted by Gasteiger charge is -2.32. The van der Waals surface area contributed by atoms with Gasteiger partial charge < -0.3 is 20.8 Å². The van der Waals surface area contributed by atoms with E-state index in [9.17, 15) is 19.5 Å². The fraction of sp³-hybridized carbons (Fsp3) is 0.438. The van der Waals surface area contributed by atoms with Crippen molar-refractivity contribution in [3.63, 3.8) is 0 Å². The van der Waals surface area contributed by atoms with Gasteiger partial charge in [-0.3, -0.25) is 10.2 Å². The Balaban J connectivity index is 1.78. The molecule has 1 unspecified atom stereocenters. The van der Waals surface area contributed by atoms with E-state index in [0.29, 0.717) is 38.0 Å². The number of hydrazine groups is 1. The molecule has 1 aliphatic heterocycles. The predicted molar refractivity (Wildman–Crippen MR) is 88.3 cm³/mol. The molecule has 6 N–H and O–H groups in total. The molecule has 9 nitrogen and oxygen atoms in total. The summed E-state index contributed by atoms with van der Waals surface area (Å²) in [5.41, 5.74) is 11.4. The second-order valence-electron chi connectivity index (χ2n) is 5.89. The molecule has 0 radical (unpaired) electrons. The summed E-state index contributed by atoms with van der Waals surface area (Å²) in [5, 5.41) is 18.3. The van der Waals surface area contributed by atoms with E-state index >= 15 is 0 Å². The summed E-state index contributed by atoms with van der Waals surface area (Å²) in [4.78, 5) is 36.3. The molecule has 0 spiro atoms. The van der Waals surface area contributed by atoms with E-state index in [-0.39, 0.29) is 5.92 Å². The quantitative estimate of drug-likeness (QED) is 0.470. The maximum atomic E-state index is 12.0. The highest BCUT2D eigenvalue weighted by Crippen LogP contribution is 2.20. The summed E-state index contributed by atoms with van der Waals surface area (Å²) >= 11 is 0. The number of aliphatic hydroxyl groups is 1. The number of hydrogen-bond donors (Lipinski definition) is 5. The van der Waals surface area contributed by atoms with E-state index in [2.05, 4.69) is 10.9 Å². The summed E-state index contributed by atoms with van der Waals surface area (Å²) in [5.74, 6) is -2.08. The summed E-state index contributed by atoms with van der Waals surface area (Å²) in [7, 11) is 0. The van der Waals surface area contributed by atoms with Crippen LogP contribution in [0, 0.1) is 5.92 Å². The lowest BCUT2D eigenvalue weighted by Crippen LogP contribution is -2.52. The number of nitrogens with two attached hydrogens (primary N) is 1. The normalized spacial score (nSPS) is 16.2. The molecule has 1 heterocycles. The summed E-state index contributed by atoms with van der Waals surface area (Å²) < 4.78 is 0. The SMILES string of the molecule is NCc1ccc(C(=O)NNC(=O)N2CCC(C(O)C(=O)O)CC2)cc1. The van der Waals surface area contributed by atoms with E-state index in [0.717, 1.165) is 5.56 Å². The second-order valence-corrected chi connectivity index (χ2v) is 5.89. The molecule has 1 atom stereocenters. The van der Waals surface area contributed by atoms with Crippen LogP contribution in [0.4, 0.5) is 4.79 Å². The highest BCUT2D eigenvalue weighted by Gasteiger charge is 2.31. The van der Waals surface area contributed by atoms with Crippen LogP contribution in [0.15, 0.2) is 24.3 Å². The van der Waals surface area contributed by atoms with Crippen LogP contribution >= 0.6 is 0 Å². The van der Waals surface area contributed by atoms with Gasteiger partial charge in [0.25, 0.3) is 5.91 Å². The van der Waals surface area contributed by atoms with Crippen LogP contribution in [0.5, 0.6) is 0 Å². The molecule has 0 aliphatic carbocycles. The highest BCUT2D eigenvalue weighted by molar-refractivity contribution is 5.95. The van der Waals surface area contributed by atoms with Crippen molar-refractivity contribution in [2.75, 3.05) is 13.1 Å². The van der Waals surface area contributed by atoms with Gasteiger partial charge >= 0.3 is 12.0 Å². The number of carboxylic acids is 1. The first-order chi connectivity index (χ1) is 11.9. The Kier molecular flexibility index (Phi) is 6.31. The van der Waals surface area contributed by atoms with Gasteiger partial charge in [0.1, 0.15) is 0 Å². The van der Waals surface area contributed by atoms with Crippen molar-refractivity contribution in [2.45, 2.75) is 25.5 Å². The molecule has 2 rings (SSSR count). The first-order valence-corrected chi connectivity index (χ1v) is 7.97. The molecule has 136 valence electrons. The van der Waals surface area contributed by atoms with Gasteiger partial charge in [-0.15, -0.1) is 0 Å². The number of amides is 3. The zero-order valence-corrected chi connectivity index (χ0v) is 13.6. The van der Waals surface area contributed by atoms with Crippen LogP contribution in [-0.2, 0) is 11.3 Å². The molecule has 1 fully saturated rings. The number of aliphatic hydroxyl groups excluding tert-OH is 1. The molecule has 0 bridgehead atoms. The van der Waals surface area contributed by atoms with E-state index < -0.39 is 24.0 Å². The fourth-order valence-corrected chi connectivity index (χ4v) is 2.67. The first kappa shape index (κ1) is 18.7. The van der Waals surface area contributed by atoms with Gasteiger partial charge in [-0.1, -0.05) is 12.1 Å². The number of piperidine rings is 1. The Labute approximate surface area is 144 Å². The molecule has 1 saturated heterocycles. The molecule has 0 saturated carbocycles. The zero-order chi connectivity index (χ0) is 18.4. The molecular weight excluding hydrogens is 328 g/mol. The monoisotopic (exact) mass is 350 g/mol. The predicted octanol–water partition coefficient (Wildman–Crippen LogP) is -0.343. The number of aliphatic carboxylic acids is 1. The third kappa shape index (κ3) is 4.91. The maximum absolute atomic E-state index is 12.0. The largest absolute Gasteiger partial charge is 0.479 e. The zero-order valence-electron chi connectivity index (χ0n) is 13.6. The number of carboxylic acid groups (broad SMARTS) is 1. The van der Waals surface area contributed by atoms with Gasteiger partial charge in [0, 0.05) is 25.2 Å². The molecule has 1 aliphatic rings. The van der Waals surface area contributed by atoms with Crippen molar-refractivity contribution in [1.82, 2.24) is 15.8 Å². The minimum Gasteiger partial charge on any atom is -0.479 e. The van der Waals surface area contributed by atoms with Crippen LogP contribution in [0.25, 0.3) is 0 Å². The molecular formula is C16H22N4O5. The third-order valence-corrected chi connectivity index (χ3v) is 4.26. The highest BCUT2D eigenvalue weighted by atomic mass is 16.4. The maximum Gasteiger partial charge on any atom is 0.336 e. The summed E-state index contributed by atoms with van der Waals surface area (Å²) in [6.45, 7) is 0.995. The van der Waals surface area contributed by atoms with Crippen LogP contribution in [0.3, 0.4) is 0 Å². The number of carbonyl (C=O) groups is 3. The number of nitrogens with zero attached hydrogens (tertiary/aromatic N) is 1. The smallest absolute Gasteiger partial charge is 0.336 e. The average Bonchev–Trinajstić information content (AvgIpc) is 2.65. The number of rotatable bonds is 4. The number of likely N-dealkylation sites (tertiary alicyclic amines) is 1. The number of urea groups is 1. The Bertz CT molecular complexity index is 626. The second kappa shape index (κ2) is 8.45. The van der Waals surface area contributed by atoms with Gasteiger partial charge in [-0.2, -0.15) is 0 Å². The van der Waals surface area contributed by atoms with Crippen LogP contribution in [-0.4, -0.2) is 52.2 Å². The molecule has 1 aromatic rings. The molecule has 0 aromatic heterocycles. The molecule has 9 heteroatoms. The van der Waals surface area contributed by atoms with Gasteiger partial charge in [-0.05, 0) is 36.5 Å². The lowest BCUT2D eigenvalue weighted by molar-refractivity contribution is -0.150. The van der Waals surface area contributed by atoms with Crippen molar-refractivity contribution in [3.8, 4) is 0 Å². The fourth-order valence-electron chi connectivity index (χ4n) is 2.67. The van der Waals surface area contributed by atoms with Gasteiger partial charge in [-0.25, -0.2) is 15.0 Å².